The van der Waals surface area contributed by atoms with Crippen molar-refractivity contribution >= 4 is 12.0 Å². The number of hydrogen-bond donors (Lipinski definition) is 1. The molecule has 0 heterocycles. The van der Waals surface area contributed by atoms with Crippen LogP contribution in [-0.4, -0.2) is 45.2 Å². The number of nitrogens with one attached hydrogen (secondary N) is 1. The van der Waals surface area contributed by atoms with Crippen LogP contribution in [0.1, 0.15) is 5.56 Å². The molecule has 1 aromatic carbocycles. The summed E-state index contributed by atoms with van der Waals surface area (Å²) in [5.41, 5.74) is 0.669. The number of benzene rings is 1. The molecule has 0 aliphatic heterocycles. The molecule has 1 rings (SSSR count). The number of rotatable bonds is 4. The molecule has 6 heteroatoms. The second-order valence-electron chi connectivity index (χ2n) is 4.05. The molecule has 19 heavy (non-hydrogen) atoms. The van der Waals surface area contributed by atoms with Crippen molar-refractivity contribution in [2.75, 3.05) is 28.3 Å². The topological polar surface area (TPSA) is 67.9 Å². The normalized spacial score (nSPS) is 9.68. The van der Waals surface area contributed by atoms with E-state index in [0.717, 1.165) is 0 Å². The Labute approximate surface area is 112 Å². The molecule has 104 valence electrons. The first-order valence-electron chi connectivity index (χ1n) is 5.75. The average Bonchev–Trinajstić information content (AvgIpc) is 2.38. The zero-order valence-electron chi connectivity index (χ0n) is 11.5. The Morgan fingerprint density at radius 1 is 1.32 bits per heavy atom. The van der Waals surface area contributed by atoms with E-state index in [9.17, 15) is 9.59 Å². The second-order valence-corrected chi connectivity index (χ2v) is 4.05. The van der Waals surface area contributed by atoms with E-state index in [4.69, 9.17) is 9.47 Å². The molecule has 0 saturated carbocycles. The van der Waals surface area contributed by atoms with Gasteiger partial charge in [-0.05, 0) is 6.07 Å². The van der Waals surface area contributed by atoms with Crippen LogP contribution in [0.2, 0.25) is 0 Å². The van der Waals surface area contributed by atoms with Crippen LogP contribution in [0, 0.1) is 0 Å². The van der Waals surface area contributed by atoms with E-state index >= 15 is 0 Å². The number of nitrogens with zero attached hydrogens (tertiary/aromatic N) is 1. The third-order valence-corrected chi connectivity index (χ3v) is 2.51. The van der Waals surface area contributed by atoms with Gasteiger partial charge in [-0.2, -0.15) is 0 Å². The fraction of sp³-hybridized carbons (Fsp3) is 0.385. The van der Waals surface area contributed by atoms with Gasteiger partial charge in [0.05, 0.1) is 13.5 Å². The molecule has 0 aliphatic rings. The van der Waals surface area contributed by atoms with Crippen LogP contribution in [0.4, 0.5) is 4.79 Å². The molecule has 0 atom stereocenters. The number of para-hydroxylation sites is 1. The number of carbonyl (C=O) groups is 2. The van der Waals surface area contributed by atoms with E-state index in [1.165, 1.54) is 19.1 Å². The molecule has 0 fully saturated rings. The Bertz CT molecular complexity index is 472. The van der Waals surface area contributed by atoms with Gasteiger partial charge in [0.15, 0.2) is 11.5 Å². The van der Waals surface area contributed by atoms with Crippen LogP contribution < -0.4 is 14.8 Å². The maximum atomic E-state index is 11.7. The van der Waals surface area contributed by atoms with Crippen molar-refractivity contribution in [3.63, 3.8) is 0 Å². The number of methoxy groups -OCH3 is 1. The molecule has 0 aliphatic carbocycles. The summed E-state index contributed by atoms with van der Waals surface area (Å²) in [7, 11) is 6.29. The highest BCUT2D eigenvalue weighted by atomic mass is 16.6. The van der Waals surface area contributed by atoms with Gasteiger partial charge in [-0.25, -0.2) is 4.79 Å². The van der Waals surface area contributed by atoms with E-state index in [2.05, 4.69) is 5.32 Å². The molecular weight excluding hydrogens is 248 g/mol. The molecule has 0 bridgehead atoms. The number of carbonyl (C=O) groups excluding carboxylic acids is 2. The zero-order valence-corrected chi connectivity index (χ0v) is 11.5. The van der Waals surface area contributed by atoms with Crippen LogP contribution in [-0.2, 0) is 11.2 Å². The van der Waals surface area contributed by atoms with E-state index in [-0.39, 0.29) is 18.1 Å². The number of likely N-dealkylation sites (N-methyl/N-ethyl adjacent to an activating group) is 1. The fourth-order valence-corrected chi connectivity index (χ4v) is 1.48. The third kappa shape index (κ3) is 3.87. The van der Waals surface area contributed by atoms with E-state index in [1.54, 1.807) is 32.3 Å². The highest BCUT2D eigenvalue weighted by molar-refractivity contribution is 5.80. The van der Waals surface area contributed by atoms with Crippen molar-refractivity contribution < 1.29 is 19.1 Å². The van der Waals surface area contributed by atoms with Gasteiger partial charge in [-0.15, -0.1) is 0 Å². The first-order chi connectivity index (χ1) is 8.99. The predicted octanol–water partition coefficient (Wildman–Crippen LogP) is 1.04. The van der Waals surface area contributed by atoms with Gasteiger partial charge in [0.1, 0.15) is 0 Å². The molecule has 0 radical (unpaired) electrons. The van der Waals surface area contributed by atoms with Gasteiger partial charge < -0.3 is 19.7 Å². The first kappa shape index (κ1) is 14.8. The Hall–Kier alpha value is -2.24. The lowest BCUT2D eigenvalue weighted by molar-refractivity contribution is -0.127. The highest BCUT2D eigenvalue weighted by Gasteiger charge is 2.16. The van der Waals surface area contributed by atoms with Gasteiger partial charge in [-0.3, -0.25) is 4.79 Å². The standard InChI is InChI=1S/C13H18N2O4/c1-14-13(17)19-10-7-5-6-9(12(10)18-4)8-11(16)15(2)3/h5-7H,8H2,1-4H3,(H,14,17). The van der Waals surface area contributed by atoms with Crippen LogP contribution in [0.5, 0.6) is 11.5 Å². The summed E-state index contributed by atoms with van der Waals surface area (Å²) in [5, 5.41) is 2.35. The first-order valence-corrected chi connectivity index (χ1v) is 5.75. The Morgan fingerprint density at radius 3 is 2.53 bits per heavy atom. The lowest BCUT2D eigenvalue weighted by atomic mass is 10.1. The molecule has 2 amide bonds. The highest BCUT2D eigenvalue weighted by Crippen LogP contribution is 2.31. The number of amides is 2. The molecule has 0 unspecified atom stereocenters. The van der Waals surface area contributed by atoms with E-state index in [1.807, 2.05) is 0 Å². The zero-order chi connectivity index (χ0) is 14.4. The van der Waals surface area contributed by atoms with Gasteiger partial charge in [0.2, 0.25) is 5.91 Å². The SMILES string of the molecule is CNC(=O)Oc1cccc(CC(=O)N(C)C)c1OC. The minimum absolute atomic E-state index is 0.0598. The fourth-order valence-electron chi connectivity index (χ4n) is 1.48. The molecule has 6 nitrogen and oxygen atoms in total. The van der Waals surface area contributed by atoms with Crippen LogP contribution >= 0.6 is 0 Å². The molecule has 1 N–H and O–H groups in total. The summed E-state index contributed by atoms with van der Waals surface area (Å²) < 4.78 is 10.3. The van der Waals surface area contributed by atoms with Gasteiger partial charge in [0.25, 0.3) is 0 Å². The average molecular weight is 266 g/mol. The van der Waals surface area contributed by atoms with E-state index in [0.29, 0.717) is 11.3 Å². The van der Waals surface area contributed by atoms with Crippen molar-refractivity contribution in [1.29, 1.82) is 0 Å². The van der Waals surface area contributed by atoms with Crippen LogP contribution in [0.15, 0.2) is 18.2 Å². The summed E-state index contributed by atoms with van der Waals surface area (Å²) in [4.78, 5) is 24.4. The minimum Gasteiger partial charge on any atom is -0.493 e. The Balaban J connectivity index is 3.02. The van der Waals surface area contributed by atoms with Gasteiger partial charge in [-0.1, -0.05) is 12.1 Å². The second kappa shape index (κ2) is 6.63. The summed E-state index contributed by atoms with van der Waals surface area (Å²) in [6, 6.07) is 5.08. The maximum absolute atomic E-state index is 11.7. The van der Waals surface area contributed by atoms with Gasteiger partial charge >= 0.3 is 6.09 Å². The summed E-state index contributed by atoms with van der Waals surface area (Å²) in [6.07, 6.45) is -0.407. The van der Waals surface area contributed by atoms with Crippen LogP contribution in [0.25, 0.3) is 0 Å². The summed E-state index contributed by atoms with van der Waals surface area (Å²) in [6.45, 7) is 0. The van der Waals surface area contributed by atoms with Gasteiger partial charge in [0, 0.05) is 26.7 Å². The maximum Gasteiger partial charge on any atom is 0.412 e. The minimum atomic E-state index is -0.589. The van der Waals surface area contributed by atoms with Crippen molar-refractivity contribution in [3.8, 4) is 11.5 Å². The lowest BCUT2D eigenvalue weighted by Gasteiger charge is -2.15. The lowest BCUT2D eigenvalue weighted by Crippen LogP contribution is -2.24. The molecule has 0 saturated heterocycles. The molecule has 0 aromatic heterocycles. The van der Waals surface area contributed by atoms with Crippen molar-refractivity contribution in [1.82, 2.24) is 10.2 Å². The molecular formula is C13H18N2O4. The monoisotopic (exact) mass is 266 g/mol. The number of ether oxygens (including phenoxy) is 2. The Morgan fingerprint density at radius 2 is 2.00 bits per heavy atom. The Kier molecular flexibility index (Phi) is 5.17. The smallest absolute Gasteiger partial charge is 0.412 e. The van der Waals surface area contributed by atoms with Crippen molar-refractivity contribution in [2.24, 2.45) is 0 Å². The van der Waals surface area contributed by atoms with Crippen molar-refractivity contribution in [3.05, 3.63) is 23.8 Å². The van der Waals surface area contributed by atoms with Crippen molar-refractivity contribution in [2.45, 2.75) is 6.42 Å². The van der Waals surface area contributed by atoms with E-state index < -0.39 is 6.09 Å². The summed E-state index contributed by atoms with van der Waals surface area (Å²) >= 11 is 0. The van der Waals surface area contributed by atoms with Crippen LogP contribution in [0.3, 0.4) is 0 Å². The molecule has 0 spiro atoms. The third-order valence-electron chi connectivity index (χ3n) is 2.51. The quantitative estimate of drug-likeness (QED) is 0.884. The molecule has 1 aromatic rings. The largest absolute Gasteiger partial charge is 0.493 e. The summed E-state index contributed by atoms with van der Waals surface area (Å²) in [5.74, 6) is 0.614. The predicted molar refractivity (Wildman–Crippen MR) is 70.5 cm³/mol. The number of hydrogen-bond acceptors (Lipinski definition) is 4.